The van der Waals surface area contributed by atoms with E-state index in [4.69, 9.17) is 9.84 Å². The highest BCUT2D eigenvalue weighted by Crippen LogP contribution is 2.14. The van der Waals surface area contributed by atoms with Crippen molar-refractivity contribution in [2.75, 3.05) is 25.4 Å². The number of halogens is 1. The molecule has 1 aromatic carbocycles. The Bertz CT molecular complexity index is 722. The molecule has 1 saturated heterocycles. The first kappa shape index (κ1) is 19.1. The fourth-order valence-electron chi connectivity index (χ4n) is 2.32. The maximum Gasteiger partial charge on any atom is 0.346 e. The molecule has 1 fully saturated rings. The van der Waals surface area contributed by atoms with Gasteiger partial charge in [-0.25, -0.2) is 21.9 Å². The maximum atomic E-state index is 12.8. The van der Waals surface area contributed by atoms with Crippen LogP contribution in [-0.2, 0) is 19.6 Å². The van der Waals surface area contributed by atoms with Crippen LogP contribution in [0.15, 0.2) is 24.3 Å². The number of sulfonamides is 1. The fraction of sp³-hybridized carbons (Fsp3) is 0.467. The summed E-state index contributed by atoms with van der Waals surface area (Å²) in [4.78, 5) is 23.0. The SMILES string of the molecule is O=C(CCN1CCCS1(=O)=O)NCC(Oc1ccc(F)cc1)C(=O)O. The summed E-state index contributed by atoms with van der Waals surface area (Å²) in [6.45, 7) is 0.157. The molecule has 8 nitrogen and oxygen atoms in total. The molecule has 138 valence electrons. The largest absolute Gasteiger partial charge is 0.478 e. The average molecular weight is 374 g/mol. The van der Waals surface area contributed by atoms with Gasteiger partial charge in [0.2, 0.25) is 22.0 Å². The number of carboxylic acids is 1. The molecular weight excluding hydrogens is 355 g/mol. The third-order valence-corrected chi connectivity index (χ3v) is 5.60. The smallest absolute Gasteiger partial charge is 0.346 e. The highest BCUT2D eigenvalue weighted by molar-refractivity contribution is 7.89. The lowest BCUT2D eigenvalue weighted by molar-refractivity contribution is -0.145. The summed E-state index contributed by atoms with van der Waals surface area (Å²) < 4.78 is 42.5. The van der Waals surface area contributed by atoms with Crippen LogP contribution >= 0.6 is 0 Å². The van der Waals surface area contributed by atoms with Crippen molar-refractivity contribution in [3.63, 3.8) is 0 Å². The van der Waals surface area contributed by atoms with E-state index in [1.165, 1.54) is 16.4 Å². The zero-order valence-corrected chi connectivity index (χ0v) is 14.2. The first-order valence-corrected chi connectivity index (χ1v) is 9.28. The minimum Gasteiger partial charge on any atom is -0.478 e. The summed E-state index contributed by atoms with van der Waals surface area (Å²) >= 11 is 0. The second-order valence-electron chi connectivity index (χ2n) is 5.52. The number of rotatable bonds is 8. The molecule has 0 spiro atoms. The second-order valence-corrected chi connectivity index (χ2v) is 7.61. The predicted octanol–water partition coefficient (Wildman–Crippen LogP) is 0.200. The lowest BCUT2D eigenvalue weighted by atomic mass is 10.3. The van der Waals surface area contributed by atoms with Crippen LogP contribution in [0.5, 0.6) is 5.75 Å². The molecule has 1 aromatic rings. The molecule has 2 rings (SSSR count). The molecule has 0 saturated carbocycles. The molecule has 1 heterocycles. The highest BCUT2D eigenvalue weighted by Gasteiger charge is 2.28. The summed E-state index contributed by atoms with van der Waals surface area (Å²) in [5.74, 6) is -2.00. The number of hydrogen-bond acceptors (Lipinski definition) is 5. The Labute approximate surface area is 144 Å². The highest BCUT2D eigenvalue weighted by atomic mass is 32.2. The van der Waals surface area contributed by atoms with E-state index in [-0.39, 0.29) is 31.0 Å². The van der Waals surface area contributed by atoms with Gasteiger partial charge in [-0.1, -0.05) is 0 Å². The predicted molar refractivity (Wildman–Crippen MR) is 86.1 cm³/mol. The summed E-state index contributed by atoms with van der Waals surface area (Å²) in [6.07, 6.45) is -0.872. The lowest BCUT2D eigenvalue weighted by Gasteiger charge is -2.17. The van der Waals surface area contributed by atoms with Crippen molar-refractivity contribution < 1.29 is 32.2 Å². The molecule has 25 heavy (non-hydrogen) atoms. The third kappa shape index (κ3) is 5.68. The number of aliphatic carboxylic acids is 1. The zero-order valence-electron chi connectivity index (χ0n) is 13.4. The molecule has 1 aliphatic rings. The Hall–Kier alpha value is -2.20. The minimum atomic E-state index is -3.27. The van der Waals surface area contributed by atoms with Gasteiger partial charge in [-0.15, -0.1) is 0 Å². The van der Waals surface area contributed by atoms with Gasteiger partial charge in [0.1, 0.15) is 11.6 Å². The van der Waals surface area contributed by atoms with Crippen molar-refractivity contribution in [1.29, 1.82) is 0 Å². The van der Waals surface area contributed by atoms with Gasteiger partial charge in [-0.3, -0.25) is 4.79 Å². The van der Waals surface area contributed by atoms with Crippen molar-refractivity contribution in [2.45, 2.75) is 18.9 Å². The minimum absolute atomic E-state index is 0.0602. The summed E-state index contributed by atoms with van der Waals surface area (Å²) in [7, 11) is -3.27. The van der Waals surface area contributed by atoms with Gasteiger partial charge in [0.05, 0.1) is 12.3 Å². The average Bonchev–Trinajstić information content (AvgIpc) is 2.89. The third-order valence-electron chi connectivity index (χ3n) is 3.64. The van der Waals surface area contributed by atoms with Gasteiger partial charge >= 0.3 is 5.97 Å². The number of amides is 1. The van der Waals surface area contributed by atoms with E-state index >= 15 is 0 Å². The number of nitrogens with one attached hydrogen (secondary N) is 1. The van der Waals surface area contributed by atoms with Crippen molar-refractivity contribution in [2.24, 2.45) is 0 Å². The zero-order chi connectivity index (χ0) is 18.4. The number of benzene rings is 1. The van der Waals surface area contributed by atoms with Crippen LogP contribution in [0, 0.1) is 5.82 Å². The number of carbonyl (C=O) groups excluding carboxylic acids is 1. The number of carbonyl (C=O) groups is 2. The van der Waals surface area contributed by atoms with E-state index in [0.717, 1.165) is 12.1 Å². The fourth-order valence-corrected chi connectivity index (χ4v) is 3.85. The van der Waals surface area contributed by atoms with E-state index in [0.29, 0.717) is 13.0 Å². The topological polar surface area (TPSA) is 113 Å². The molecule has 10 heteroatoms. The van der Waals surface area contributed by atoms with Gasteiger partial charge in [0.15, 0.2) is 0 Å². The maximum absolute atomic E-state index is 12.8. The molecule has 1 aliphatic heterocycles. The van der Waals surface area contributed by atoms with Gasteiger partial charge in [-0.05, 0) is 30.7 Å². The van der Waals surface area contributed by atoms with Gasteiger partial charge in [0.25, 0.3) is 0 Å². The summed E-state index contributed by atoms with van der Waals surface area (Å²) in [6, 6.07) is 4.82. The van der Waals surface area contributed by atoms with Crippen LogP contribution in [0.1, 0.15) is 12.8 Å². The van der Waals surface area contributed by atoms with Crippen LogP contribution in [0.3, 0.4) is 0 Å². The van der Waals surface area contributed by atoms with E-state index in [1.54, 1.807) is 0 Å². The first-order valence-electron chi connectivity index (χ1n) is 7.67. The normalized spacial score (nSPS) is 17.8. The van der Waals surface area contributed by atoms with Gasteiger partial charge in [0, 0.05) is 19.5 Å². The van der Waals surface area contributed by atoms with Gasteiger partial charge in [-0.2, -0.15) is 0 Å². The van der Waals surface area contributed by atoms with E-state index in [9.17, 15) is 22.4 Å². The monoisotopic (exact) mass is 374 g/mol. The molecular formula is C15H19FN2O6S. The number of hydrogen-bond donors (Lipinski definition) is 2. The molecule has 0 aliphatic carbocycles. The van der Waals surface area contributed by atoms with Gasteiger partial charge < -0.3 is 15.2 Å². The molecule has 1 unspecified atom stereocenters. The molecule has 0 bridgehead atoms. The number of ether oxygens (including phenoxy) is 1. The van der Waals surface area contributed by atoms with Crippen molar-refractivity contribution in [3.05, 3.63) is 30.1 Å². The summed E-state index contributed by atoms with van der Waals surface area (Å²) in [5, 5.41) is 11.5. The Morgan fingerprint density at radius 2 is 2.00 bits per heavy atom. The standard InChI is InChI=1S/C15H19FN2O6S/c16-11-2-4-12(5-3-11)24-13(15(20)21)10-17-14(19)6-8-18-7-1-9-25(18,22)23/h2-5,13H,1,6-10H2,(H,17,19)(H,20,21). The van der Waals surface area contributed by atoms with Crippen molar-refractivity contribution >= 4 is 21.9 Å². The lowest BCUT2D eigenvalue weighted by Crippen LogP contribution is -2.41. The molecule has 0 radical (unpaired) electrons. The Balaban J connectivity index is 1.81. The summed E-state index contributed by atoms with van der Waals surface area (Å²) in [5.41, 5.74) is 0. The van der Waals surface area contributed by atoms with E-state index in [1.807, 2.05) is 0 Å². The molecule has 2 N–H and O–H groups in total. The van der Waals surface area contributed by atoms with Crippen LogP contribution in [0.25, 0.3) is 0 Å². The molecule has 1 amide bonds. The van der Waals surface area contributed by atoms with Crippen LogP contribution < -0.4 is 10.1 Å². The Morgan fingerprint density at radius 3 is 2.56 bits per heavy atom. The van der Waals surface area contributed by atoms with Crippen LogP contribution in [-0.4, -0.2) is 61.2 Å². The van der Waals surface area contributed by atoms with Crippen LogP contribution in [0.4, 0.5) is 4.39 Å². The first-order chi connectivity index (χ1) is 11.8. The van der Waals surface area contributed by atoms with Crippen molar-refractivity contribution in [3.8, 4) is 5.75 Å². The quantitative estimate of drug-likeness (QED) is 0.672. The van der Waals surface area contributed by atoms with Crippen molar-refractivity contribution in [1.82, 2.24) is 9.62 Å². The molecule has 0 aromatic heterocycles. The number of carboxylic acid groups (broad SMARTS) is 1. The number of nitrogens with zero attached hydrogens (tertiary/aromatic N) is 1. The van der Waals surface area contributed by atoms with E-state index < -0.39 is 33.8 Å². The second kappa shape index (κ2) is 8.26. The molecule has 1 atom stereocenters. The Kier molecular flexibility index (Phi) is 6.32. The van der Waals surface area contributed by atoms with E-state index in [2.05, 4.69) is 5.32 Å². The Morgan fingerprint density at radius 1 is 1.32 bits per heavy atom. The van der Waals surface area contributed by atoms with Crippen LogP contribution in [0.2, 0.25) is 0 Å².